The summed E-state index contributed by atoms with van der Waals surface area (Å²) >= 11 is 0. The molecule has 0 unspecified atom stereocenters. The van der Waals surface area contributed by atoms with E-state index in [1.165, 1.54) is 44.1 Å². The summed E-state index contributed by atoms with van der Waals surface area (Å²) in [6.45, 7) is 36.0. The molecule has 4 aliphatic rings. The molecule has 9 nitrogen and oxygen atoms in total. The quantitative estimate of drug-likeness (QED) is 0.126. The van der Waals surface area contributed by atoms with Gasteiger partial charge < -0.3 is 29.7 Å². The Labute approximate surface area is 360 Å². The van der Waals surface area contributed by atoms with E-state index >= 15 is 0 Å². The first-order chi connectivity index (χ1) is 27.1. The van der Waals surface area contributed by atoms with Gasteiger partial charge in [-0.25, -0.2) is 14.4 Å². The molecule has 3 saturated carbocycles. The molecule has 3 fully saturated rings. The third-order valence-electron chi connectivity index (χ3n) is 15.2. The third kappa shape index (κ3) is 12.9. The summed E-state index contributed by atoms with van der Waals surface area (Å²) in [6.07, 6.45) is 16.0. The number of nitrogens with one attached hydrogen (secondary N) is 2. The minimum atomic E-state index is -0.642. The standard InChI is InChI=1S/C50H87N3O6/c1-17-35(33(2)3)19-18-34(4)39-22-23-40-38-21-20-36-32-37(24-26-49(36,15)41(38)25-27-50(39,40)16)57-44(56)53(30-28-47(11,12)51-42(54)58-45(5,6)7)31-29-48(13,14)52-43(55)59-46(8,9)10/h17,20,33-35,37-41H,1,18-19,21-32H2,2-16H3,(H,51,54)(H,52,55)/t34-,35-,37+,38+,39-,40+,41+,49+,50-/m1/s1. The van der Waals surface area contributed by atoms with Crippen molar-refractivity contribution < 1.29 is 28.6 Å². The average molecular weight is 826 g/mol. The van der Waals surface area contributed by atoms with Crippen molar-refractivity contribution in [2.24, 2.45) is 52.3 Å². The van der Waals surface area contributed by atoms with E-state index in [4.69, 9.17) is 14.2 Å². The second-order valence-corrected chi connectivity index (χ2v) is 23.4. The summed E-state index contributed by atoms with van der Waals surface area (Å²) in [5, 5.41) is 5.96. The molecule has 0 saturated heterocycles. The van der Waals surface area contributed by atoms with Crippen molar-refractivity contribution in [1.82, 2.24) is 15.5 Å². The van der Waals surface area contributed by atoms with Gasteiger partial charge in [-0.15, -0.1) is 6.58 Å². The number of allylic oxidation sites excluding steroid dienone is 2. The van der Waals surface area contributed by atoms with Crippen LogP contribution in [0.4, 0.5) is 14.4 Å². The maximum atomic E-state index is 14.2. The highest BCUT2D eigenvalue weighted by atomic mass is 16.6. The van der Waals surface area contributed by atoms with Crippen LogP contribution in [0.25, 0.3) is 0 Å². The first-order valence-corrected chi connectivity index (χ1v) is 23.4. The summed E-state index contributed by atoms with van der Waals surface area (Å²) < 4.78 is 17.5. The number of hydrogen-bond acceptors (Lipinski definition) is 6. The molecule has 0 bridgehead atoms. The van der Waals surface area contributed by atoms with Crippen LogP contribution in [-0.2, 0) is 14.2 Å². The van der Waals surface area contributed by atoms with Gasteiger partial charge in [0.25, 0.3) is 0 Å². The van der Waals surface area contributed by atoms with Gasteiger partial charge in [-0.3, -0.25) is 0 Å². The fourth-order valence-electron chi connectivity index (χ4n) is 11.7. The fourth-order valence-corrected chi connectivity index (χ4v) is 11.7. The van der Waals surface area contributed by atoms with Crippen molar-refractivity contribution >= 4 is 18.3 Å². The van der Waals surface area contributed by atoms with Crippen molar-refractivity contribution in [3.05, 3.63) is 24.3 Å². The van der Waals surface area contributed by atoms with Crippen molar-refractivity contribution in [2.45, 2.75) is 209 Å². The number of alkyl carbamates (subject to hydrolysis) is 2. The molecule has 4 rings (SSSR count). The molecule has 3 amide bonds. The second kappa shape index (κ2) is 18.7. The summed E-state index contributed by atoms with van der Waals surface area (Å²) in [7, 11) is 0. The Morgan fingerprint density at radius 2 is 1.37 bits per heavy atom. The molecule has 0 heterocycles. The number of carbonyl (C=O) groups is 3. The Morgan fingerprint density at radius 1 is 0.814 bits per heavy atom. The minimum absolute atomic E-state index is 0.152. The van der Waals surface area contributed by atoms with Crippen LogP contribution in [0.15, 0.2) is 24.3 Å². The van der Waals surface area contributed by atoms with E-state index in [0.717, 1.165) is 49.4 Å². The Hall–Kier alpha value is -2.71. The topological polar surface area (TPSA) is 106 Å². The minimum Gasteiger partial charge on any atom is -0.446 e. The zero-order valence-corrected chi connectivity index (χ0v) is 40.3. The Morgan fingerprint density at radius 3 is 1.88 bits per heavy atom. The van der Waals surface area contributed by atoms with Gasteiger partial charge in [-0.2, -0.15) is 0 Å². The SMILES string of the molecule is C=C[C@H](CC[C@@H](C)[C@H]1CC[C@H]2[C@@H]3CC=C4C[C@@H](OC(=O)N(CCC(C)(C)NC(=O)OC(C)(C)C)CCC(C)(C)NC(=O)OC(C)(C)C)CC[C@]4(C)[C@H]3CC[C@]12C)C(C)C. The van der Waals surface area contributed by atoms with E-state index in [9.17, 15) is 14.4 Å². The van der Waals surface area contributed by atoms with Gasteiger partial charge in [0.15, 0.2) is 0 Å². The van der Waals surface area contributed by atoms with E-state index in [-0.39, 0.29) is 17.6 Å². The average Bonchev–Trinajstić information content (AvgIpc) is 3.43. The molecule has 0 aromatic carbocycles. The predicted molar refractivity (Wildman–Crippen MR) is 240 cm³/mol. The zero-order chi connectivity index (χ0) is 44.4. The van der Waals surface area contributed by atoms with Crippen molar-refractivity contribution in [3.8, 4) is 0 Å². The summed E-state index contributed by atoms with van der Waals surface area (Å²) in [5.74, 6) is 5.03. The number of nitrogens with zero attached hydrogens (tertiary/aromatic N) is 1. The van der Waals surface area contributed by atoms with Gasteiger partial charge in [-0.1, -0.05) is 52.3 Å². The highest BCUT2D eigenvalue weighted by molar-refractivity contribution is 5.70. The molecule has 0 aliphatic heterocycles. The van der Waals surface area contributed by atoms with Crippen LogP contribution in [0.2, 0.25) is 0 Å². The summed E-state index contributed by atoms with van der Waals surface area (Å²) in [4.78, 5) is 41.3. The van der Waals surface area contributed by atoms with Gasteiger partial charge in [0, 0.05) is 30.6 Å². The molecule has 4 aliphatic carbocycles. The second-order valence-electron chi connectivity index (χ2n) is 23.4. The smallest absolute Gasteiger partial charge is 0.410 e. The lowest BCUT2D eigenvalue weighted by Crippen LogP contribution is -2.51. The predicted octanol–water partition coefficient (Wildman–Crippen LogP) is 12.6. The number of carbonyl (C=O) groups excluding carboxylic acids is 3. The molecule has 0 aromatic heterocycles. The molecule has 0 spiro atoms. The molecule has 0 aromatic rings. The van der Waals surface area contributed by atoms with E-state index < -0.39 is 34.5 Å². The van der Waals surface area contributed by atoms with Crippen LogP contribution in [-0.4, -0.2) is 64.7 Å². The molecule has 9 heteroatoms. The van der Waals surface area contributed by atoms with Crippen molar-refractivity contribution in [2.75, 3.05) is 13.1 Å². The van der Waals surface area contributed by atoms with E-state index in [0.29, 0.717) is 49.1 Å². The maximum Gasteiger partial charge on any atom is 0.410 e. The molecule has 9 atom stereocenters. The van der Waals surface area contributed by atoms with Crippen molar-refractivity contribution in [3.63, 3.8) is 0 Å². The lowest BCUT2D eigenvalue weighted by molar-refractivity contribution is -0.0595. The monoisotopic (exact) mass is 826 g/mol. The van der Waals surface area contributed by atoms with Gasteiger partial charge in [-0.05, 0) is 192 Å². The maximum absolute atomic E-state index is 14.2. The van der Waals surface area contributed by atoms with E-state index in [2.05, 4.69) is 64.0 Å². The van der Waals surface area contributed by atoms with Crippen molar-refractivity contribution in [1.29, 1.82) is 0 Å². The van der Waals surface area contributed by atoms with Crippen LogP contribution in [0.5, 0.6) is 0 Å². The first kappa shape index (κ1) is 49.0. The van der Waals surface area contributed by atoms with E-state index in [1.807, 2.05) is 69.2 Å². The lowest BCUT2D eigenvalue weighted by Gasteiger charge is -2.58. The Bertz CT molecular complexity index is 1460. The van der Waals surface area contributed by atoms with Crippen LogP contribution in [0.3, 0.4) is 0 Å². The van der Waals surface area contributed by atoms with E-state index in [1.54, 1.807) is 4.90 Å². The van der Waals surface area contributed by atoms with Crippen LogP contribution >= 0.6 is 0 Å². The lowest BCUT2D eigenvalue weighted by atomic mass is 9.47. The van der Waals surface area contributed by atoms with Crippen LogP contribution in [0, 0.1) is 52.3 Å². The molecular formula is C50H87N3O6. The molecule has 2 N–H and O–H groups in total. The molecular weight excluding hydrogens is 739 g/mol. The van der Waals surface area contributed by atoms with Crippen LogP contribution < -0.4 is 10.6 Å². The summed E-state index contributed by atoms with van der Waals surface area (Å²) in [5.41, 5.74) is -0.449. The number of fused-ring (bicyclic) bond motifs is 5. The molecule has 0 radical (unpaired) electrons. The first-order valence-electron chi connectivity index (χ1n) is 23.4. The Balaban J connectivity index is 1.43. The highest BCUT2D eigenvalue weighted by Gasteiger charge is 2.59. The number of hydrogen-bond donors (Lipinski definition) is 2. The summed E-state index contributed by atoms with van der Waals surface area (Å²) in [6, 6.07) is 0. The zero-order valence-electron chi connectivity index (χ0n) is 40.3. The van der Waals surface area contributed by atoms with Crippen LogP contribution in [0.1, 0.15) is 181 Å². The highest BCUT2D eigenvalue weighted by Crippen LogP contribution is 2.67. The Kier molecular flexibility index (Phi) is 15.5. The number of rotatable bonds is 15. The number of amides is 3. The third-order valence-corrected chi connectivity index (χ3v) is 15.2. The van der Waals surface area contributed by atoms with Gasteiger partial charge in [0.1, 0.15) is 17.3 Å². The van der Waals surface area contributed by atoms with Gasteiger partial charge in [0.2, 0.25) is 0 Å². The number of ether oxygens (including phenoxy) is 3. The normalized spacial score (nSPS) is 29.5. The molecule has 59 heavy (non-hydrogen) atoms. The largest absolute Gasteiger partial charge is 0.446 e. The van der Waals surface area contributed by atoms with Gasteiger partial charge in [0.05, 0.1) is 0 Å². The fraction of sp³-hybridized carbons (Fsp3) is 0.860. The van der Waals surface area contributed by atoms with Gasteiger partial charge >= 0.3 is 18.3 Å². The molecule has 338 valence electrons.